The van der Waals surface area contributed by atoms with Gasteiger partial charge in [0.05, 0.1) is 6.67 Å². The Bertz CT molecular complexity index is 808. The molecule has 3 rings (SSSR count). The molecule has 8 heteroatoms. The molecule has 2 aromatic rings. The highest BCUT2D eigenvalue weighted by atomic mass is 35.5. The molecule has 0 saturated carbocycles. The minimum Gasteiger partial charge on any atom is -0.284 e. The van der Waals surface area contributed by atoms with Gasteiger partial charge in [-0.2, -0.15) is 0 Å². The fourth-order valence-electron chi connectivity index (χ4n) is 2.74. The van der Waals surface area contributed by atoms with E-state index in [4.69, 9.17) is 11.6 Å². The molecular weight excluding hydrogens is 374 g/mol. The second-order valence-electron chi connectivity index (χ2n) is 6.08. The van der Waals surface area contributed by atoms with Gasteiger partial charge in [0.25, 0.3) is 0 Å². The van der Waals surface area contributed by atoms with Gasteiger partial charge in [0.2, 0.25) is 0 Å². The van der Waals surface area contributed by atoms with Gasteiger partial charge in [-0.05, 0) is 36.2 Å². The van der Waals surface area contributed by atoms with Crippen molar-refractivity contribution in [3.63, 3.8) is 0 Å². The van der Waals surface area contributed by atoms with E-state index in [0.717, 1.165) is 20.2 Å². The van der Waals surface area contributed by atoms with Crippen LogP contribution in [0.15, 0.2) is 41.8 Å². The van der Waals surface area contributed by atoms with E-state index >= 15 is 0 Å². The molecule has 0 radical (unpaired) electrons. The molecule has 4 amide bonds. The molecule has 2 heterocycles. The first-order chi connectivity index (χ1) is 12.5. The zero-order valence-electron chi connectivity index (χ0n) is 14.2. The van der Waals surface area contributed by atoms with Gasteiger partial charge >= 0.3 is 17.8 Å². The van der Waals surface area contributed by atoms with Crippen LogP contribution in [-0.4, -0.2) is 52.8 Å². The van der Waals surface area contributed by atoms with Crippen LogP contribution in [0.3, 0.4) is 0 Å². The van der Waals surface area contributed by atoms with Crippen molar-refractivity contribution >= 4 is 40.8 Å². The summed E-state index contributed by atoms with van der Waals surface area (Å²) in [6.45, 7) is 0.792. The normalized spacial score (nSPS) is 14.8. The number of rotatable bonds is 7. The number of nitrogens with zero attached hydrogens (tertiary/aromatic N) is 3. The molecule has 0 N–H and O–H groups in total. The maximum Gasteiger partial charge on any atom is 0.335 e. The van der Waals surface area contributed by atoms with Crippen molar-refractivity contribution in [3.05, 3.63) is 57.2 Å². The first-order valence-electron chi connectivity index (χ1n) is 8.08. The number of halogens is 1. The van der Waals surface area contributed by atoms with Crippen molar-refractivity contribution in [2.24, 2.45) is 0 Å². The van der Waals surface area contributed by atoms with Crippen LogP contribution in [0.4, 0.5) is 4.79 Å². The van der Waals surface area contributed by atoms with Crippen molar-refractivity contribution in [1.29, 1.82) is 0 Å². The Morgan fingerprint density at radius 1 is 1.04 bits per heavy atom. The molecule has 1 aliphatic heterocycles. The summed E-state index contributed by atoms with van der Waals surface area (Å²) in [4.78, 5) is 41.7. The minimum absolute atomic E-state index is 0.0571. The summed E-state index contributed by atoms with van der Waals surface area (Å²) in [6, 6.07) is 10.6. The highest BCUT2D eigenvalue weighted by Crippen LogP contribution is 2.17. The Morgan fingerprint density at radius 2 is 1.73 bits per heavy atom. The third-order valence-electron chi connectivity index (χ3n) is 4.05. The predicted molar refractivity (Wildman–Crippen MR) is 99.8 cm³/mol. The lowest BCUT2D eigenvalue weighted by Crippen LogP contribution is -2.40. The Labute approximate surface area is 160 Å². The van der Waals surface area contributed by atoms with Crippen molar-refractivity contribution in [2.45, 2.75) is 13.0 Å². The molecule has 0 unspecified atom stereocenters. The predicted octanol–water partition coefficient (Wildman–Crippen LogP) is 2.82. The molecule has 1 aliphatic rings. The van der Waals surface area contributed by atoms with Crippen LogP contribution in [0.1, 0.15) is 10.4 Å². The van der Waals surface area contributed by atoms with E-state index in [1.165, 1.54) is 0 Å². The van der Waals surface area contributed by atoms with E-state index in [-0.39, 0.29) is 13.2 Å². The number of imide groups is 2. The smallest absolute Gasteiger partial charge is 0.284 e. The van der Waals surface area contributed by atoms with Gasteiger partial charge in [0.1, 0.15) is 0 Å². The topological polar surface area (TPSA) is 60.9 Å². The van der Waals surface area contributed by atoms with Crippen molar-refractivity contribution in [1.82, 2.24) is 14.7 Å². The molecule has 1 fully saturated rings. The number of thiophene rings is 1. The number of hydrogen-bond donors (Lipinski definition) is 0. The molecule has 26 heavy (non-hydrogen) atoms. The largest absolute Gasteiger partial charge is 0.335 e. The van der Waals surface area contributed by atoms with Crippen LogP contribution >= 0.6 is 22.9 Å². The van der Waals surface area contributed by atoms with Crippen LogP contribution < -0.4 is 0 Å². The molecule has 0 bridgehead atoms. The summed E-state index contributed by atoms with van der Waals surface area (Å²) >= 11 is 7.43. The summed E-state index contributed by atoms with van der Waals surface area (Å²) in [5.74, 6) is -1.53. The number of benzene rings is 1. The van der Waals surface area contributed by atoms with E-state index in [1.807, 2.05) is 29.6 Å². The summed E-state index contributed by atoms with van der Waals surface area (Å²) < 4.78 is 0. The molecular formula is C18H18ClN3O3S. The summed E-state index contributed by atoms with van der Waals surface area (Å²) in [5, 5.41) is 2.58. The quantitative estimate of drug-likeness (QED) is 0.538. The highest BCUT2D eigenvalue weighted by Gasteiger charge is 2.44. The molecule has 1 aromatic carbocycles. The van der Waals surface area contributed by atoms with Crippen LogP contribution in [0.2, 0.25) is 5.02 Å². The number of hydrogen-bond acceptors (Lipinski definition) is 5. The fourth-order valence-corrected chi connectivity index (χ4v) is 3.57. The number of urea groups is 1. The lowest BCUT2D eigenvalue weighted by molar-refractivity contribution is -0.143. The lowest BCUT2D eigenvalue weighted by Gasteiger charge is -2.22. The third kappa shape index (κ3) is 4.12. The summed E-state index contributed by atoms with van der Waals surface area (Å²) in [7, 11) is 1.79. The van der Waals surface area contributed by atoms with Crippen LogP contribution in [0.5, 0.6) is 0 Å². The molecule has 6 nitrogen and oxygen atoms in total. The zero-order valence-corrected chi connectivity index (χ0v) is 15.8. The van der Waals surface area contributed by atoms with Gasteiger partial charge < -0.3 is 0 Å². The van der Waals surface area contributed by atoms with E-state index < -0.39 is 17.8 Å². The SMILES string of the molecule is CN(Cc1ccc(Cl)cc1)CN1C(=O)C(=O)N(CCc2cccs2)C1=O. The molecule has 0 atom stereocenters. The van der Waals surface area contributed by atoms with Gasteiger partial charge in [-0.1, -0.05) is 29.8 Å². The number of carbonyl (C=O) groups is 3. The van der Waals surface area contributed by atoms with Gasteiger partial charge in [0, 0.05) is 29.4 Å². The van der Waals surface area contributed by atoms with Crippen LogP contribution in [-0.2, 0) is 22.6 Å². The standard InChI is InChI=1S/C18H18ClN3O3S/c1-20(11-13-4-6-14(19)7-5-13)12-22-17(24)16(23)21(18(22)25)9-8-15-3-2-10-26-15/h2-7,10H,8-9,11-12H2,1H3. The monoisotopic (exact) mass is 391 g/mol. The van der Waals surface area contributed by atoms with E-state index in [1.54, 1.807) is 35.4 Å². The summed E-state index contributed by atoms with van der Waals surface area (Å²) in [5.41, 5.74) is 0.997. The first-order valence-corrected chi connectivity index (χ1v) is 9.34. The van der Waals surface area contributed by atoms with Crippen molar-refractivity contribution in [2.75, 3.05) is 20.3 Å². The lowest BCUT2D eigenvalue weighted by atomic mass is 10.2. The molecule has 1 saturated heterocycles. The molecule has 0 spiro atoms. The van der Waals surface area contributed by atoms with E-state index in [2.05, 4.69) is 0 Å². The van der Waals surface area contributed by atoms with Crippen LogP contribution in [0, 0.1) is 0 Å². The van der Waals surface area contributed by atoms with Crippen molar-refractivity contribution < 1.29 is 14.4 Å². The maximum absolute atomic E-state index is 12.5. The minimum atomic E-state index is -0.774. The van der Waals surface area contributed by atoms with Crippen LogP contribution in [0.25, 0.3) is 0 Å². The molecule has 0 aliphatic carbocycles. The molecule has 1 aromatic heterocycles. The van der Waals surface area contributed by atoms with Gasteiger partial charge in [-0.25, -0.2) is 9.69 Å². The van der Waals surface area contributed by atoms with E-state index in [0.29, 0.717) is 18.0 Å². The second-order valence-corrected chi connectivity index (χ2v) is 7.55. The van der Waals surface area contributed by atoms with Gasteiger partial charge in [0.15, 0.2) is 0 Å². The Kier molecular flexibility index (Phi) is 5.70. The summed E-state index contributed by atoms with van der Waals surface area (Å²) in [6.07, 6.45) is 0.552. The average molecular weight is 392 g/mol. The Hall–Kier alpha value is -2.22. The highest BCUT2D eigenvalue weighted by molar-refractivity contribution is 7.09. The fraction of sp³-hybridized carbons (Fsp3) is 0.278. The zero-order chi connectivity index (χ0) is 18.7. The van der Waals surface area contributed by atoms with Crippen molar-refractivity contribution in [3.8, 4) is 0 Å². The van der Waals surface area contributed by atoms with Gasteiger partial charge in [-0.15, -0.1) is 11.3 Å². The second kappa shape index (κ2) is 7.99. The number of carbonyl (C=O) groups excluding carboxylic acids is 3. The average Bonchev–Trinajstić information content (AvgIpc) is 3.20. The third-order valence-corrected chi connectivity index (χ3v) is 5.23. The van der Waals surface area contributed by atoms with E-state index in [9.17, 15) is 14.4 Å². The first kappa shape index (κ1) is 18.6. The maximum atomic E-state index is 12.5. The Balaban J connectivity index is 1.60. The van der Waals surface area contributed by atoms with Gasteiger partial charge in [-0.3, -0.25) is 19.4 Å². The number of amides is 4. The molecule has 136 valence electrons. The Morgan fingerprint density at radius 3 is 2.38 bits per heavy atom.